The van der Waals surface area contributed by atoms with Crippen molar-refractivity contribution in [2.45, 2.75) is 40.3 Å². The molecule has 0 bridgehead atoms. The largest absolute Gasteiger partial charge is 0.364 e. The van der Waals surface area contributed by atoms with E-state index in [2.05, 4.69) is 59.5 Å². The zero-order valence-corrected chi connectivity index (χ0v) is 14.1. The number of fused-ring (bicyclic) bond motifs is 2. The third-order valence-corrected chi connectivity index (χ3v) is 5.31. The molecule has 0 atom stereocenters. The lowest BCUT2D eigenvalue weighted by Gasteiger charge is -2.31. The van der Waals surface area contributed by atoms with Crippen molar-refractivity contribution < 1.29 is 0 Å². The average molecular weight is 305 g/mol. The summed E-state index contributed by atoms with van der Waals surface area (Å²) in [5, 5.41) is 1.29. The molecule has 0 radical (unpaired) electrons. The first-order valence-electron chi connectivity index (χ1n) is 8.45. The molecule has 4 rings (SSSR count). The molecule has 0 unspecified atom stereocenters. The van der Waals surface area contributed by atoms with Gasteiger partial charge in [0.05, 0.1) is 17.4 Å². The van der Waals surface area contributed by atoms with Gasteiger partial charge in [-0.2, -0.15) is 0 Å². The van der Waals surface area contributed by atoms with Gasteiger partial charge in [-0.1, -0.05) is 24.3 Å². The number of hydrogen-bond donors (Lipinski definition) is 0. The lowest BCUT2D eigenvalue weighted by Crippen LogP contribution is -2.30. The van der Waals surface area contributed by atoms with E-state index >= 15 is 0 Å². The molecular formula is C20H23N3. The minimum Gasteiger partial charge on any atom is -0.364 e. The van der Waals surface area contributed by atoms with E-state index in [9.17, 15) is 0 Å². The van der Waals surface area contributed by atoms with Gasteiger partial charge in [0.25, 0.3) is 0 Å². The standard InChI is InChI=1S/C20H23N3/c1-4-23-15(3)14(2)18-11-21-12-19(20(18)23)22-10-9-16-7-5-6-8-17(16)13-22/h5-8,11-12H,4,9-10,13H2,1-3H3. The topological polar surface area (TPSA) is 21.1 Å². The highest BCUT2D eigenvalue weighted by molar-refractivity contribution is 5.94. The quantitative estimate of drug-likeness (QED) is 0.706. The molecule has 0 saturated heterocycles. The maximum absolute atomic E-state index is 4.54. The van der Waals surface area contributed by atoms with E-state index in [4.69, 9.17) is 0 Å². The van der Waals surface area contributed by atoms with Crippen LogP contribution in [-0.2, 0) is 19.5 Å². The van der Waals surface area contributed by atoms with E-state index in [1.54, 1.807) is 0 Å². The summed E-state index contributed by atoms with van der Waals surface area (Å²) >= 11 is 0. The Labute approximate surface area is 137 Å². The number of hydrogen-bond acceptors (Lipinski definition) is 2. The SMILES string of the molecule is CCn1c(C)c(C)c2cncc(N3CCc4ccccc4C3)c21. The van der Waals surface area contributed by atoms with Crippen LogP contribution in [0.4, 0.5) is 5.69 Å². The second kappa shape index (κ2) is 5.41. The summed E-state index contributed by atoms with van der Waals surface area (Å²) in [4.78, 5) is 7.03. The van der Waals surface area contributed by atoms with E-state index in [0.29, 0.717) is 0 Å². The van der Waals surface area contributed by atoms with E-state index in [1.165, 1.54) is 39.0 Å². The molecule has 0 N–H and O–H groups in total. The van der Waals surface area contributed by atoms with Crippen LogP contribution in [0, 0.1) is 13.8 Å². The summed E-state index contributed by atoms with van der Waals surface area (Å²) in [5.74, 6) is 0. The molecule has 23 heavy (non-hydrogen) atoms. The van der Waals surface area contributed by atoms with Crippen molar-refractivity contribution in [3.05, 3.63) is 59.0 Å². The van der Waals surface area contributed by atoms with Crippen LogP contribution < -0.4 is 4.90 Å². The molecule has 3 heteroatoms. The highest BCUT2D eigenvalue weighted by atomic mass is 15.2. The van der Waals surface area contributed by atoms with Gasteiger partial charge in [0, 0.05) is 36.9 Å². The predicted molar refractivity (Wildman–Crippen MR) is 96.1 cm³/mol. The minimum atomic E-state index is 0.976. The van der Waals surface area contributed by atoms with Gasteiger partial charge >= 0.3 is 0 Å². The van der Waals surface area contributed by atoms with Gasteiger partial charge < -0.3 is 9.47 Å². The Kier molecular flexibility index (Phi) is 3.37. The smallest absolute Gasteiger partial charge is 0.0803 e. The zero-order valence-electron chi connectivity index (χ0n) is 14.1. The summed E-state index contributed by atoms with van der Waals surface area (Å²) < 4.78 is 2.43. The summed E-state index contributed by atoms with van der Waals surface area (Å²) in [7, 11) is 0. The molecule has 3 aromatic rings. The van der Waals surface area contributed by atoms with Crippen LogP contribution in [0.5, 0.6) is 0 Å². The fourth-order valence-electron chi connectivity index (χ4n) is 3.89. The highest BCUT2D eigenvalue weighted by Gasteiger charge is 2.21. The number of rotatable bonds is 2. The number of aromatic nitrogens is 2. The van der Waals surface area contributed by atoms with Crippen LogP contribution in [0.15, 0.2) is 36.7 Å². The van der Waals surface area contributed by atoms with Crippen molar-refractivity contribution in [3.63, 3.8) is 0 Å². The first-order valence-corrected chi connectivity index (χ1v) is 8.45. The Morgan fingerprint density at radius 1 is 1.09 bits per heavy atom. The molecule has 1 aromatic carbocycles. The van der Waals surface area contributed by atoms with E-state index in [1.807, 2.05) is 12.4 Å². The molecule has 3 nitrogen and oxygen atoms in total. The number of aryl methyl sites for hydroxylation is 2. The molecule has 3 heterocycles. The first-order chi connectivity index (χ1) is 11.2. The molecule has 0 aliphatic carbocycles. The van der Waals surface area contributed by atoms with Gasteiger partial charge in [0.1, 0.15) is 0 Å². The zero-order chi connectivity index (χ0) is 16.0. The van der Waals surface area contributed by atoms with E-state index in [0.717, 1.165) is 26.1 Å². The monoisotopic (exact) mass is 305 g/mol. The van der Waals surface area contributed by atoms with Gasteiger partial charge in [0.15, 0.2) is 0 Å². The van der Waals surface area contributed by atoms with Crippen LogP contribution in [-0.4, -0.2) is 16.1 Å². The summed E-state index contributed by atoms with van der Waals surface area (Å²) in [6, 6.07) is 8.80. The minimum absolute atomic E-state index is 0.976. The number of anilines is 1. The van der Waals surface area contributed by atoms with Gasteiger partial charge in [-0.15, -0.1) is 0 Å². The van der Waals surface area contributed by atoms with E-state index in [-0.39, 0.29) is 0 Å². The summed E-state index contributed by atoms with van der Waals surface area (Å²) in [6.07, 6.45) is 5.17. The van der Waals surface area contributed by atoms with Crippen molar-refractivity contribution in [3.8, 4) is 0 Å². The summed E-state index contributed by atoms with van der Waals surface area (Å²) in [5.41, 5.74) is 8.26. The predicted octanol–water partition coefficient (Wildman–Crippen LogP) is 4.24. The van der Waals surface area contributed by atoms with Crippen molar-refractivity contribution >= 4 is 16.6 Å². The van der Waals surface area contributed by atoms with Crippen molar-refractivity contribution in [2.24, 2.45) is 0 Å². The second-order valence-corrected chi connectivity index (χ2v) is 6.45. The Morgan fingerprint density at radius 2 is 1.87 bits per heavy atom. The molecule has 1 aliphatic rings. The van der Waals surface area contributed by atoms with E-state index < -0.39 is 0 Å². The first kappa shape index (κ1) is 14.3. The fraction of sp³-hybridized carbons (Fsp3) is 0.350. The van der Waals surface area contributed by atoms with Crippen molar-refractivity contribution in [1.82, 2.24) is 9.55 Å². The third-order valence-electron chi connectivity index (χ3n) is 5.31. The third kappa shape index (κ3) is 2.14. The molecule has 0 fully saturated rings. The van der Waals surface area contributed by atoms with Gasteiger partial charge in [-0.05, 0) is 43.9 Å². The van der Waals surface area contributed by atoms with Gasteiger partial charge in [-0.3, -0.25) is 4.98 Å². The maximum atomic E-state index is 4.54. The fourth-order valence-corrected chi connectivity index (χ4v) is 3.89. The summed E-state index contributed by atoms with van der Waals surface area (Å²) in [6.45, 7) is 9.68. The molecule has 0 spiro atoms. The lowest BCUT2D eigenvalue weighted by atomic mass is 9.99. The second-order valence-electron chi connectivity index (χ2n) is 6.45. The normalized spacial score (nSPS) is 14.3. The number of benzene rings is 1. The molecule has 2 aromatic heterocycles. The van der Waals surface area contributed by atoms with Crippen LogP contribution in [0.25, 0.3) is 10.9 Å². The Balaban J connectivity index is 1.86. The Morgan fingerprint density at radius 3 is 2.65 bits per heavy atom. The van der Waals surface area contributed by atoms with Crippen LogP contribution in [0.1, 0.15) is 29.3 Å². The molecule has 0 saturated carbocycles. The Bertz CT molecular complexity index is 876. The van der Waals surface area contributed by atoms with Gasteiger partial charge in [-0.25, -0.2) is 0 Å². The van der Waals surface area contributed by atoms with Crippen LogP contribution in [0.2, 0.25) is 0 Å². The lowest BCUT2D eigenvalue weighted by molar-refractivity contribution is 0.722. The molecule has 118 valence electrons. The van der Waals surface area contributed by atoms with Crippen LogP contribution >= 0.6 is 0 Å². The Hall–Kier alpha value is -2.29. The number of pyridine rings is 1. The van der Waals surface area contributed by atoms with Gasteiger partial charge in [0.2, 0.25) is 0 Å². The maximum Gasteiger partial charge on any atom is 0.0803 e. The average Bonchev–Trinajstić information content (AvgIpc) is 2.85. The molecular weight excluding hydrogens is 282 g/mol. The molecule has 1 aliphatic heterocycles. The van der Waals surface area contributed by atoms with Crippen molar-refractivity contribution in [2.75, 3.05) is 11.4 Å². The van der Waals surface area contributed by atoms with Crippen LogP contribution in [0.3, 0.4) is 0 Å². The highest BCUT2D eigenvalue weighted by Crippen LogP contribution is 2.34. The van der Waals surface area contributed by atoms with Crippen molar-refractivity contribution in [1.29, 1.82) is 0 Å². The number of nitrogens with zero attached hydrogens (tertiary/aromatic N) is 3. The molecule has 0 amide bonds.